The molecule has 0 saturated carbocycles. The number of benzene rings is 3. The number of carbonyl (C=O) groups excluding carboxylic acids is 1. The highest BCUT2D eigenvalue weighted by Gasteiger charge is 2.44. The summed E-state index contributed by atoms with van der Waals surface area (Å²) in [5.74, 6) is 0.423. The molecule has 2 aliphatic heterocycles. The highest BCUT2D eigenvalue weighted by molar-refractivity contribution is 7.71. The Morgan fingerprint density at radius 2 is 1.73 bits per heavy atom. The number of morpholine rings is 1. The number of carbonyl (C=O) groups is 1. The van der Waals surface area contributed by atoms with Crippen molar-refractivity contribution in [2.45, 2.75) is 32.2 Å². The number of para-hydroxylation sites is 2. The van der Waals surface area contributed by atoms with Crippen molar-refractivity contribution in [1.29, 1.82) is 0 Å². The van der Waals surface area contributed by atoms with Gasteiger partial charge in [-0.1, -0.05) is 26.0 Å². The van der Waals surface area contributed by atoms with Crippen LogP contribution in [0.3, 0.4) is 0 Å². The van der Waals surface area contributed by atoms with Crippen LogP contribution in [0.5, 0.6) is 11.5 Å². The van der Waals surface area contributed by atoms with E-state index in [0.717, 1.165) is 11.3 Å². The number of fused-ring (bicyclic) bond motifs is 1. The van der Waals surface area contributed by atoms with Gasteiger partial charge in [0.25, 0.3) is 19.0 Å². The summed E-state index contributed by atoms with van der Waals surface area (Å²) in [5.41, 5.74) is 2.10. The van der Waals surface area contributed by atoms with E-state index in [-0.39, 0.29) is 22.8 Å². The molecule has 1 saturated heterocycles. The second kappa shape index (κ2) is 12.1. The zero-order valence-electron chi connectivity index (χ0n) is 25.7. The van der Waals surface area contributed by atoms with Crippen molar-refractivity contribution in [3.63, 3.8) is 0 Å². The summed E-state index contributed by atoms with van der Waals surface area (Å²) >= 11 is 0. The number of hydrogen-bond acceptors (Lipinski definition) is 8. The van der Waals surface area contributed by atoms with Crippen LogP contribution < -0.4 is 30.1 Å². The lowest BCUT2D eigenvalue weighted by atomic mass is 9.81. The summed E-state index contributed by atoms with van der Waals surface area (Å²) < 4.78 is 33.6. The number of anilines is 3. The molecule has 12 nitrogen and oxygen atoms in total. The van der Waals surface area contributed by atoms with Gasteiger partial charge in [0.2, 0.25) is 0 Å². The molecule has 0 unspecified atom stereocenters. The molecule has 3 aromatic carbocycles. The van der Waals surface area contributed by atoms with E-state index >= 15 is 4.57 Å². The fourth-order valence-corrected chi connectivity index (χ4v) is 8.39. The lowest BCUT2D eigenvalue weighted by molar-refractivity contribution is -0.383. The van der Waals surface area contributed by atoms with Crippen LogP contribution in [0, 0.1) is 10.1 Å². The second-order valence-corrected chi connectivity index (χ2v) is 13.9. The third kappa shape index (κ3) is 5.49. The van der Waals surface area contributed by atoms with Gasteiger partial charge in [-0.15, -0.1) is 0 Å². The lowest BCUT2D eigenvalue weighted by Gasteiger charge is -2.36. The molecule has 3 aromatic rings. The molecule has 13 heteroatoms. The van der Waals surface area contributed by atoms with Gasteiger partial charge in [-0.3, -0.25) is 19.5 Å². The van der Waals surface area contributed by atoms with E-state index in [9.17, 15) is 14.9 Å². The SMILES string of the molecule is COc1ccc(C(=O)Nc2cc3c(cc2[P@](=O)(Nc2ccccc2[N+](=O)[O-])N2CCOCC2)C(C)(C)[C@H](C)N3C)cc1OC. The van der Waals surface area contributed by atoms with Gasteiger partial charge in [-0.25, -0.2) is 4.67 Å². The number of nitro groups is 1. The van der Waals surface area contributed by atoms with Gasteiger partial charge in [0.1, 0.15) is 5.69 Å². The molecule has 2 heterocycles. The van der Waals surface area contributed by atoms with Gasteiger partial charge < -0.3 is 29.5 Å². The predicted molar refractivity (Wildman–Crippen MR) is 171 cm³/mol. The van der Waals surface area contributed by atoms with Gasteiger partial charge in [0.15, 0.2) is 11.5 Å². The number of nitrogens with zero attached hydrogens (tertiary/aromatic N) is 3. The summed E-state index contributed by atoms with van der Waals surface area (Å²) in [6.07, 6.45) is 0. The van der Waals surface area contributed by atoms with Crippen LogP contribution in [-0.2, 0) is 14.7 Å². The molecule has 2 N–H and O–H groups in total. The van der Waals surface area contributed by atoms with Gasteiger partial charge in [-0.2, -0.15) is 0 Å². The standard InChI is InChI=1S/C31H38N5O7P/c1-20-31(2,3)22-18-29(44(40,35-13-15-43-16-14-35)33-23-9-7-8-10-25(23)36(38)39)24(19-26(22)34(20)4)32-30(37)21-11-12-27(41-5)28(17-21)42-6/h7-12,17-20H,13-16H2,1-6H3,(H,32,37)(H,33,40)/t20-,44-/m0/s1. The molecule has 2 atom stereocenters. The van der Waals surface area contributed by atoms with E-state index in [0.29, 0.717) is 54.4 Å². The van der Waals surface area contributed by atoms with Crippen molar-refractivity contribution in [2.75, 3.05) is 62.9 Å². The van der Waals surface area contributed by atoms with Crippen molar-refractivity contribution < 1.29 is 28.5 Å². The Hall–Kier alpha value is -4.12. The van der Waals surface area contributed by atoms with Gasteiger partial charge in [-0.05, 0) is 48.9 Å². The number of likely N-dealkylation sites (N-methyl/N-ethyl adjacent to an activating group) is 1. The summed E-state index contributed by atoms with van der Waals surface area (Å²) in [5, 5.41) is 18.4. The summed E-state index contributed by atoms with van der Waals surface area (Å²) in [6, 6.07) is 14.8. The van der Waals surface area contributed by atoms with Crippen LogP contribution in [0.25, 0.3) is 0 Å². The molecular weight excluding hydrogens is 585 g/mol. The smallest absolute Gasteiger partial charge is 0.292 e. The molecule has 2 aliphatic rings. The first-order valence-corrected chi connectivity index (χ1v) is 16.0. The molecule has 1 amide bonds. The number of nitrogens with one attached hydrogen (secondary N) is 2. The molecule has 5 rings (SSSR count). The normalized spacial score (nSPS) is 19.0. The number of ether oxygens (including phenoxy) is 3. The summed E-state index contributed by atoms with van der Waals surface area (Å²) in [4.78, 5) is 27.4. The van der Waals surface area contributed by atoms with Gasteiger partial charge in [0, 0.05) is 48.9 Å². The Bertz CT molecular complexity index is 1640. The van der Waals surface area contributed by atoms with Crippen molar-refractivity contribution in [3.05, 3.63) is 75.8 Å². The Labute approximate surface area is 256 Å². The summed E-state index contributed by atoms with van der Waals surface area (Å²) in [7, 11) is 1.14. The maximum absolute atomic E-state index is 15.5. The maximum Gasteiger partial charge on any atom is 0.292 e. The van der Waals surface area contributed by atoms with Crippen molar-refractivity contribution >= 4 is 41.4 Å². The number of hydrogen-bond donors (Lipinski definition) is 2. The third-order valence-electron chi connectivity index (χ3n) is 8.79. The van der Waals surface area contributed by atoms with Gasteiger partial charge in [0.05, 0.1) is 43.3 Å². The molecule has 0 aliphatic carbocycles. The zero-order chi connectivity index (χ0) is 31.8. The predicted octanol–water partition coefficient (Wildman–Crippen LogP) is 5.24. The first-order valence-electron chi connectivity index (χ1n) is 14.3. The van der Waals surface area contributed by atoms with E-state index in [4.69, 9.17) is 14.2 Å². The van der Waals surface area contributed by atoms with Crippen LogP contribution >= 0.6 is 7.44 Å². The van der Waals surface area contributed by atoms with Crippen LogP contribution in [0.1, 0.15) is 36.7 Å². The van der Waals surface area contributed by atoms with Crippen LogP contribution in [0.15, 0.2) is 54.6 Å². The Balaban J connectivity index is 1.70. The maximum atomic E-state index is 15.5. The minimum Gasteiger partial charge on any atom is -0.493 e. The zero-order valence-corrected chi connectivity index (χ0v) is 26.6. The number of methoxy groups -OCH3 is 2. The highest BCUT2D eigenvalue weighted by Crippen LogP contribution is 2.54. The lowest BCUT2D eigenvalue weighted by Crippen LogP contribution is -2.40. The van der Waals surface area contributed by atoms with E-state index in [1.54, 1.807) is 41.1 Å². The van der Waals surface area contributed by atoms with E-state index in [2.05, 4.69) is 36.1 Å². The molecule has 234 valence electrons. The molecule has 0 bridgehead atoms. The fraction of sp³-hybridized carbons (Fsp3) is 0.387. The monoisotopic (exact) mass is 623 g/mol. The average Bonchev–Trinajstić information content (AvgIpc) is 3.19. The molecule has 0 spiro atoms. The summed E-state index contributed by atoms with van der Waals surface area (Å²) in [6.45, 7) is 7.70. The molecule has 0 radical (unpaired) electrons. The molecule has 1 fully saturated rings. The van der Waals surface area contributed by atoms with E-state index in [1.807, 2.05) is 19.2 Å². The number of rotatable bonds is 9. The fourth-order valence-electron chi connectivity index (χ4n) is 5.83. The van der Waals surface area contributed by atoms with E-state index < -0.39 is 18.3 Å². The van der Waals surface area contributed by atoms with Crippen molar-refractivity contribution in [1.82, 2.24) is 4.67 Å². The molecule has 44 heavy (non-hydrogen) atoms. The first kappa shape index (κ1) is 31.3. The Morgan fingerprint density at radius 1 is 1.05 bits per heavy atom. The third-order valence-corrected chi connectivity index (χ3v) is 11.6. The topological polar surface area (TPSA) is 136 Å². The van der Waals surface area contributed by atoms with E-state index in [1.165, 1.54) is 20.3 Å². The largest absolute Gasteiger partial charge is 0.493 e. The van der Waals surface area contributed by atoms with Crippen molar-refractivity contribution in [2.24, 2.45) is 0 Å². The van der Waals surface area contributed by atoms with Crippen LogP contribution in [-0.4, -0.2) is 69.1 Å². The van der Waals surface area contributed by atoms with Crippen LogP contribution in [0.4, 0.5) is 22.7 Å². The molecule has 0 aromatic heterocycles. The number of amides is 1. The minimum atomic E-state index is -3.86. The highest BCUT2D eigenvalue weighted by atomic mass is 31.2. The van der Waals surface area contributed by atoms with Crippen molar-refractivity contribution in [3.8, 4) is 11.5 Å². The Kier molecular flexibility index (Phi) is 8.62. The minimum absolute atomic E-state index is 0.105. The Morgan fingerprint density at radius 3 is 2.39 bits per heavy atom. The first-order chi connectivity index (χ1) is 20.9. The quantitative estimate of drug-likeness (QED) is 0.185. The molecular formula is C31H38N5O7P. The average molecular weight is 624 g/mol. The number of nitro benzene ring substituents is 1. The van der Waals surface area contributed by atoms with Crippen LogP contribution in [0.2, 0.25) is 0 Å². The second-order valence-electron chi connectivity index (χ2n) is 11.4. The van der Waals surface area contributed by atoms with Gasteiger partial charge >= 0.3 is 0 Å².